The van der Waals surface area contributed by atoms with Crippen LogP contribution in [0, 0.1) is 0 Å². The van der Waals surface area contributed by atoms with Crippen LogP contribution in [0.25, 0.3) is 0 Å². The van der Waals surface area contributed by atoms with Crippen molar-refractivity contribution in [2.75, 3.05) is 0 Å². The van der Waals surface area contributed by atoms with Gasteiger partial charge in [0.25, 0.3) is 0 Å². The molecule has 70 valence electrons. The molecule has 1 aromatic heterocycles. The Bertz CT molecular complexity index is 310. The van der Waals surface area contributed by atoms with Crippen molar-refractivity contribution in [1.82, 2.24) is 4.98 Å². The van der Waals surface area contributed by atoms with E-state index in [0.29, 0.717) is 0 Å². The van der Waals surface area contributed by atoms with Crippen LogP contribution in [-0.4, -0.2) is 53.3 Å². The molecule has 0 aliphatic rings. The first-order valence-corrected chi connectivity index (χ1v) is 3.05. The van der Waals surface area contributed by atoms with Gasteiger partial charge in [-0.05, 0) is 12.1 Å². The second kappa shape index (κ2) is 4.87. The van der Waals surface area contributed by atoms with E-state index in [1.165, 1.54) is 18.2 Å². The molecule has 1 heterocycles. The Hall–Kier alpha value is -1.03. The number of hydrogen-bond donors (Lipinski definition) is 2. The SMILES string of the molecule is O=C(O)c1cccc(C(=O)O)n1.[BiH3]. The number of carbonyl (C=O) groups is 2. The summed E-state index contributed by atoms with van der Waals surface area (Å²) in [7, 11) is 0. The quantitative estimate of drug-likeness (QED) is 0.664. The van der Waals surface area contributed by atoms with Crippen LogP contribution in [0.1, 0.15) is 21.0 Å². The fraction of sp³-hybridized carbons (Fsp3) is 0. The van der Waals surface area contributed by atoms with Gasteiger partial charge < -0.3 is 10.2 Å². The number of aromatic carboxylic acids is 2. The predicted molar refractivity (Wildman–Crippen MR) is 48.1 cm³/mol. The fourth-order valence-electron chi connectivity index (χ4n) is 0.673. The number of aromatic nitrogens is 1. The Morgan fingerprint density at radius 1 is 1.08 bits per heavy atom. The Labute approximate surface area is 92.5 Å². The van der Waals surface area contributed by atoms with Crippen LogP contribution in [0.2, 0.25) is 0 Å². The van der Waals surface area contributed by atoms with Gasteiger partial charge in [-0.2, -0.15) is 0 Å². The summed E-state index contributed by atoms with van der Waals surface area (Å²) in [4.78, 5) is 24.0. The molecule has 0 spiro atoms. The third-order valence-electron chi connectivity index (χ3n) is 1.19. The molecule has 0 aliphatic heterocycles. The van der Waals surface area contributed by atoms with Gasteiger partial charge in [0, 0.05) is 0 Å². The molecule has 0 aromatic carbocycles. The van der Waals surface area contributed by atoms with Crippen molar-refractivity contribution in [3.63, 3.8) is 0 Å². The number of carboxylic acids is 2. The molecular formula is C7H8BiNO4. The zero-order valence-electron chi connectivity index (χ0n) is 6.60. The summed E-state index contributed by atoms with van der Waals surface area (Å²) in [6.45, 7) is 0. The Kier molecular flexibility index (Phi) is 4.48. The van der Waals surface area contributed by atoms with Gasteiger partial charge in [0.15, 0.2) is 0 Å². The molecule has 0 radical (unpaired) electrons. The Balaban J connectivity index is 0.00000144. The minimum absolute atomic E-state index is 0. The first-order valence-electron chi connectivity index (χ1n) is 3.05. The van der Waals surface area contributed by atoms with Crippen LogP contribution in [0.4, 0.5) is 0 Å². The molecular weight excluding hydrogens is 371 g/mol. The average Bonchev–Trinajstić information content (AvgIpc) is 2.04. The van der Waals surface area contributed by atoms with Crippen LogP contribution < -0.4 is 0 Å². The van der Waals surface area contributed by atoms with Gasteiger partial charge in [-0.15, -0.1) is 0 Å². The first-order chi connectivity index (χ1) is 5.61. The molecule has 1 aromatic rings. The van der Waals surface area contributed by atoms with E-state index in [-0.39, 0.29) is 37.6 Å². The minimum atomic E-state index is -1.24. The second-order valence-corrected chi connectivity index (χ2v) is 2.02. The van der Waals surface area contributed by atoms with Gasteiger partial charge in [-0.1, -0.05) is 6.07 Å². The maximum atomic E-state index is 10.3. The molecule has 0 amide bonds. The third-order valence-corrected chi connectivity index (χ3v) is 1.19. The number of pyridine rings is 1. The van der Waals surface area contributed by atoms with Gasteiger partial charge in [-0.25, -0.2) is 14.6 Å². The second-order valence-electron chi connectivity index (χ2n) is 2.02. The van der Waals surface area contributed by atoms with E-state index in [2.05, 4.69) is 4.98 Å². The number of nitrogens with zero attached hydrogens (tertiary/aromatic N) is 1. The van der Waals surface area contributed by atoms with Crippen molar-refractivity contribution in [2.45, 2.75) is 0 Å². The normalized spacial score (nSPS) is 8.62. The van der Waals surface area contributed by atoms with Gasteiger partial charge in [0.05, 0.1) is 0 Å². The summed E-state index contributed by atoms with van der Waals surface area (Å²) in [6.07, 6.45) is 0. The van der Waals surface area contributed by atoms with Gasteiger partial charge in [0.1, 0.15) is 11.4 Å². The Morgan fingerprint density at radius 3 is 1.77 bits per heavy atom. The Morgan fingerprint density at radius 2 is 1.46 bits per heavy atom. The molecule has 0 bridgehead atoms. The fourth-order valence-corrected chi connectivity index (χ4v) is 0.673. The van der Waals surface area contributed by atoms with Crippen molar-refractivity contribution in [3.8, 4) is 0 Å². The summed E-state index contributed by atoms with van der Waals surface area (Å²) in [5.41, 5.74) is -0.537. The summed E-state index contributed by atoms with van der Waals surface area (Å²) < 4.78 is 0. The summed E-state index contributed by atoms with van der Waals surface area (Å²) in [5, 5.41) is 16.9. The van der Waals surface area contributed by atoms with Crippen molar-refractivity contribution in [3.05, 3.63) is 29.6 Å². The van der Waals surface area contributed by atoms with Crippen LogP contribution in [0.15, 0.2) is 18.2 Å². The first kappa shape index (κ1) is 12.0. The molecule has 0 saturated heterocycles. The molecule has 2 N–H and O–H groups in total. The van der Waals surface area contributed by atoms with Crippen molar-refractivity contribution < 1.29 is 19.8 Å². The van der Waals surface area contributed by atoms with Crippen LogP contribution in [-0.2, 0) is 0 Å². The summed E-state index contributed by atoms with van der Waals surface area (Å²) >= 11 is 0. The molecule has 6 heteroatoms. The topological polar surface area (TPSA) is 87.5 Å². The molecule has 13 heavy (non-hydrogen) atoms. The monoisotopic (exact) mass is 379 g/mol. The molecule has 0 atom stereocenters. The maximum absolute atomic E-state index is 10.3. The van der Waals surface area contributed by atoms with Gasteiger partial charge in [0.2, 0.25) is 0 Å². The van der Waals surface area contributed by atoms with Crippen LogP contribution in [0.5, 0.6) is 0 Å². The average molecular weight is 379 g/mol. The zero-order chi connectivity index (χ0) is 9.14. The van der Waals surface area contributed by atoms with Crippen molar-refractivity contribution in [2.24, 2.45) is 0 Å². The summed E-state index contributed by atoms with van der Waals surface area (Å²) in [5.74, 6) is -2.48. The molecule has 0 fully saturated rings. The molecule has 5 nitrogen and oxygen atoms in total. The van der Waals surface area contributed by atoms with E-state index in [0.717, 1.165) is 0 Å². The van der Waals surface area contributed by atoms with Crippen LogP contribution >= 0.6 is 0 Å². The van der Waals surface area contributed by atoms with Gasteiger partial charge >= 0.3 is 38.1 Å². The van der Waals surface area contributed by atoms with Crippen molar-refractivity contribution in [1.29, 1.82) is 0 Å². The third kappa shape index (κ3) is 3.07. The van der Waals surface area contributed by atoms with E-state index in [1.54, 1.807) is 0 Å². The van der Waals surface area contributed by atoms with Crippen LogP contribution in [0.3, 0.4) is 0 Å². The summed E-state index contributed by atoms with van der Waals surface area (Å²) in [6, 6.07) is 3.80. The molecule has 0 saturated carbocycles. The molecule has 0 unspecified atom stereocenters. The van der Waals surface area contributed by atoms with Gasteiger partial charge in [-0.3, -0.25) is 0 Å². The van der Waals surface area contributed by atoms with E-state index in [9.17, 15) is 9.59 Å². The van der Waals surface area contributed by atoms with Crippen molar-refractivity contribution >= 4 is 38.1 Å². The molecule has 0 aliphatic carbocycles. The van der Waals surface area contributed by atoms with E-state index in [4.69, 9.17) is 10.2 Å². The standard InChI is InChI=1S/C7H5NO4.Bi.3H/c9-6(10)4-2-1-3-5(8-4)7(11)12;;;;/h1-3H,(H,9,10)(H,11,12);;;;. The number of hydrogen-bond acceptors (Lipinski definition) is 3. The van der Waals surface area contributed by atoms with E-state index < -0.39 is 11.9 Å². The van der Waals surface area contributed by atoms with E-state index >= 15 is 0 Å². The number of carboxylic acid groups (broad SMARTS) is 2. The number of rotatable bonds is 2. The molecule has 1 rings (SSSR count). The van der Waals surface area contributed by atoms with E-state index in [1.807, 2.05) is 0 Å². The zero-order valence-corrected chi connectivity index (χ0v) is 12.1. The predicted octanol–water partition coefficient (Wildman–Crippen LogP) is -0.706.